The van der Waals surface area contributed by atoms with Gasteiger partial charge in [0.1, 0.15) is 11.5 Å². The van der Waals surface area contributed by atoms with Crippen LogP contribution in [0.15, 0.2) is 121 Å². The number of ether oxygens (including phenoxy) is 21. The van der Waals surface area contributed by atoms with Crippen molar-refractivity contribution in [3.05, 3.63) is 183 Å². The molecule has 0 heterocycles. The van der Waals surface area contributed by atoms with Crippen LogP contribution in [0.3, 0.4) is 0 Å². The Morgan fingerprint density at radius 1 is 0.190 bits per heavy atom. The van der Waals surface area contributed by atoms with Crippen LogP contribution in [0.2, 0.25) is 54.4 Å². The Kier molecular flexibility index (Phi) is 42.9. The zero-order valence-corrected chi connectivity index (χ0v) is 93.0. The van der Waals surface area contributed by atoms with Gasteiger partial charge in [-0.3, -0.25) is 0 Å². The highest BCUT2D eigenvalue weighted by Crippen LogP contribution is 2.51. The number of benzene rings is 10. The Labute approximate surface area is 844 Å². The molecule has 0 radical (unpaired) electrons. The van der Waals surface area contributed by atoms with Gasteiger partial charge in [0, 0.05) is 11.1 Å². The maximum atomic E-state index is 6.53. The molecule has 32 heteroatoms. The summed E-state index contributed by atoms with van der Waals surface area (Å²) >= 11 is 0. The van der Waals surface area contributed by atoms with Crippen molar-refractivity contribution in [2.24, 2.45) is 0 Å². The van der Waals surface area contributed by atoms with E-state index in [1.54, 1.807) is 149 Å². The van der Waals surface area contributed by atoms with Crippen LogP contribution in [0.5, 0.6) is 138 Å². The number of aryl methyl sites for hydroxylation is 1. The van der Waals surface area contributed by atoms with Crippen molar-refractivity contribution < 1.29 is 113 Å². The van der Waals surface area contributed by atoms with Gasteiger partial charge in [-0.05, 0) is 233 Å². The molecule has 0 unspecified atom stereocenters. The second kappa shape index (κ2) is 52.3. The van der Waals surface area contributed by atoms with Crippen molar-refractivity contribution in [3.8, 4) is 138 Å². The summed E-state index contributed by atoms with van der Waals surface area (Å²) < 4.78 is 133. The summed E-state index contributed by atoms with van der Waals surface area (Å²) in [5, 5.41) is 0.153. The summed E-state index contributed by atoms with van der Waals surface area (Å²) in [5.74, 6) is 14.2. The van der Waals surface area contributed by atoms with E-state index in [0.29, 0.717) is 166 Å². The van der Waals surface area contributed by atoms with Gasteiger partial charge in [-0.25, -0.2) is 0 Å². The van der Waals surface area contributed by atoms with Crippen LogP contribution in [-0.2, 0) is 0 Å². The van der Waals surface area contributed by atoms with Crippen molar-refractivity contribution in [1.29, 1.82) is 0 Å². The molecule has 142 heavy (non-hydrogen) atoms. The molecule has 0 aliphatic rings. The van der Waals surface area contributed by atoms with Gasteiger partial charge in [0.15, 0.2) is 97.7 Å². The topological polar surface area (TPSA) is 352 Å². The first-order valence-corrected chi connectivity index (χ1v) is 54.1. The van der Waals surface area contributed by atoms with E-state index in [0.717, 1.165) is 61.2 Å². The van der Waals surface area contributed by atoms with Crippen LogP contribution in [0.4, 0.5) is 28.4 Å². The number of hydrogen-bond donors (Lipinski definition) is 5. The van der Waals surface area contributed by atoms with E-state index in [9.17, 15) is 0 Å². The molecule has 10 N–H and O–H groups in total. The molecule has 0 amide bonds. The standard InChI is InChI=1S/3C24H35NO5Si.C19H23NO5.C19H23NO4/c1-24(2,3)31(8,9)30-22-18(25)12-16(13-19(22)26-4)10-11-17-14-20(27-5)23(29-7)21(15-17)28-6;1-24(2,3)31(8,9)30-18-13-12-17(21(25)23(18)29-7)11-10-16-14-19(26-4)22(28-6)20(15-16)27-5;1-24(2,3)31(8,9)30-23-18(26-4)13-12-17(21(23)25)11-10-16-14-19(27-5)22(29-7)20(15-16)28-6;1-21-15-9-12(8-14(20)18(15)24-4)6-7-13-10-16(22-2)19(25-5)17(11-13)23-3;1-12-8-13(9-15(20)18(12)23-4)6-7-14-10-16(21-2)19(24-5)17(11-14)22-3/h3*10-15H,25H2,1-9H3;6-11H,20H2,1-5H3;6-11H,20H2,1-5H3/b3*11-10-;2*7-6-. The fraction of sp³-hybridized carbons (Fsp3) is 0.364. The van der Waals surface area contributed by atoms with Crippen LogP contribution in [0.1, 0.15) is 124 Å². The molecule has 0 spiro atoms. The van der Waals surface area contributed by atoms with Crippen LogP contribution in [0.25, 0.3) is 60.8 Å². The fourth-order valence-corrected chi connectivity index (χ4v) is 16.6. The van der Waals surface area contributed by atoms with Crippen molar-refractivity contribution >= 4 is 114 Å². The number of methoxy groups -OCH3 is 21. The molecule has 0 aliphatic carbocycles. The largest absolute Gasteiger partial charge is 0.541 e. The molecular weight excluding hydrogens is 1860 g/mol. The summed E-state index contributed by atoms with van der Waals surface area (Å²) in [6.45, 7) is 34.8. The van der Waals surface area contributed by atoms with Gasteiger partial charge in [-0.2, -0.15) is 0 Å². The Balaban J connectivity index is 0.000000273. The van der Waals surface area contributed by atoms with Crippen LogP contribution in [-0.4, -0.2) is 174 Å². The van der Waals surface area contributed by atoms with E-state index in [2.05, 4.69) is 102 Å². The summed E-state index contributed by atoms with van der Waals surface area (Å²) in [6.07, 6.45) is 19.4. The SMILES string of the molecule is COc1cc(/C=C\c2cc(C)c(OC)c(N)c2)cc(OC)c1OC.COc1cc(/C=C\c2cc(OC)c(OC)c(OC)c2)cc(N)c1OC.COc1cc(/C=C\c2cc(OC)c(OC)c(OC)c2)cc(N)c1O[Si](C)(C)C(C)(C)C.COc1cc(/C=C\c2ccc(OC)c(O[Si](C)(C)C(C)(C)C)c2N)cc(OC)c1OC.COc1cc(/C=C\c2ccc(O[Si](C)(C)C(C)(C)C)c(OC)c2N)cc(OC)c1OC. The quantitative estimate of drug-likeness (QED) is 0.0137. The van der Waals surface area contributed by atoms with Gasteiger partial charge in [0.25, 0.3) is 25.0 Å². The summed E-state index contributed by atoms with van der Waals surface area (Å²) in [4.78, 5) is 0. The molecule has 10 rings (SSSR count). The minimum atomic E-state index is -2.10. The second-order valence-electron chi connectivity index (χ2n) is 36.7. The summed E-state index contributed by atoms with van der Waals surface area (Å²) in [5.41, 5.74) is 44.0. The van der Waals surface area contributed by atoms with E-state index in [4.69, 9.17) is 141 Å². The zero-order chi connectivity index (χ0) is 106. The van der Waals surface area contributed by atoms with E-state index >= 15 is 0 Å². The van der Waals surface area contributed by atoms with E-state index in [-0.39, 0.29) is 15.1 Å². The Morgan fingerprint density at radius 2 is 0.380 bits per heavy atom. The van der Waals surface area contributed by atoms with Crippen LogP contribution >= 0.6 is 0 Å². The lowest BCUT2D eigenvalue weighted by molar-refractivity contribution is 0.324. The lowest BCUT2D eigenvalue weighted by Gasteiger charge is -2.37. The Hall–Kier alpha value is -14.2. The molecular formula is C110H151N5O24Si3. The summed E-state index contributed by atoms with van der Waals surface area (Å²) in [7, 11) is 27.2. The molecule has 0 aromatic heterocycles. The third-order valence-corrected chi connectivity index (χ3v) is 37.4. The molecule has 0 atom stereocenters. The highest BCUT2D eigenvalue weighted by Gasteiger charge is 2.43. The molecule has 0 fully saturated rings. The molecule has 29 nitrogen and oxygen atoms in total. The van der Waals surface area contributed by atoms with Gasteiger partial charge < -0.3 is 141 Å². The van der Waals surface area contributed by atoms with Gasteiger partial charge in [0.2, 0.25) is 28.7 Å². The van der Waals surface area contributed by atoms with Gasteiger partial charge >= 0.3 is 0 Å². The lowest BCUT2D eigenvalue weighted by atomic mass is 10.1. The third kappa shape index (κ3) is 29.7. The predicted octanol–water partition coefficient (Wildman–Crippen LogP) is 24.8. The normalized spacial score (nSPS) is 11.6. The number of hydrogen-bond acceptors (Lipinski definition) is 29. The molecule has 772 valence electrons. The lowest BCUT2D eigenvalue weighted by Crippen LogP contribution is -2.44. The predicted molar refractivity (Wildman–Crippen MR) is 587 cm³/mol. The number of anilines is 5. The maximum Gasteiger partial charge on any atom is 0.250 e. The number of nitrogens with two attached hydrogens (primary N) is 5. The molecule has 0 aliphatic heterocycles. The molecule has 10 aromatic rings. The highest BCUT2D eigenvalue weighted by atomic mass is 28.4. The maximum absolute atomic E-state index is 6.53. The molecule has 0 bridgehead atoms. The van der Waals surface area contributed by atoms with E-state index in [1.807, 2.05) is 189 Å². The fourth-order valence-electron chi connectivity index (χ4n) is 13.5. The van der Waals surface area contributed by atoms with Crippen molar-refractivity contribution in [2.75, 3.05) is 178 Å². The Morgan fingerprint density at radius 3 is 0.620 bits per heavy atom. The highest BCUT2D eigenvalue weighted by molar-refractivity contribution is 6.75. The first-order valence-electron chi connectivity index (χ1n) is 45.4. The average molecular weight is 2010 g/mol. The number of nitrogen functional groups attached to an aromatic ring is 5. The van der Waals surface area contributed by atoms with Gasteiger partial charge in [0.05, 0.1) is 178 Å². The molecule has 0 saturated heterocycles. The average Bonchev–Trinajstić information content (AvgIpc) is 0.798. The van der Waals surface area contributed by atoms with E-state index < -0.39 is 25.0 Å². The first kappa shape index (κ1) is 116. The summed E-state index contributed by atoms with van der Waals surface area (Å²) in [6, 6.07) is 37.8. The minimum Gasteiger partial charge on any atom is -0.541 e. The third-order valence-electron chi connectivity index (χ3n) is 24.4. The van der Waals surface area contributed by atoms with Crippen molar-refractivity contribution in [3.63, 3.8) is 0 Å². The number of rotatable bonds is 37. The monoisotopic (exact) mass is 2010 g/mol. The van der Waals surface area contributed by atoms with Gasteiger partial charge in [-0.1, -0.05) is 123 Å². The first-order chi connectivity index (χ1) is 67.0. The Bertz CT molecular complexity index is 5900. The van der Waals surface area contributed by atoms with Crippen molar-refractivity contribution in [1.82, 2.24) is 0 Å². The smallest absolute Gasteiger partial charge is 0.250 e. The second-order valence-corrected chi connectivity index (χ2v) is 50.9. The van der Waals surface area contributed by atoms with Crippen molar-refractivity contribution in [2.45, 2.75) is 124 Å². The zero-order valence-electron chi connectivity index (χ0n) is 90.0. The van der Waals surface area contributed by atoms with Gasteiger partial charge in [-0.15, -0.1) is 0 Å². The molecule has 0 saturated carbocycles. The van der Waals surface area contributed by atoms with E-state index in [1.165, 1.54) is 0 Å². The molecule has 10 aromatic carbocycles. The van der Waals surface area contributed by atoms with Crippen LogP contribution < -0.4 is 141 Å². The minimum absolute atomic E-state index is 0.0342. The van der Waals surface area contributed by atoms with Crippen LogP contribution in [0, 0.1) is 6.92 Å².